The zero-order valence-corrected chi connectivity index (χ0v) is 36.1. The van der Waals surface area contributed by atoms with Crippen molar-refractivity contribution in [2.24, 2.45) is 0 Å². The first-order valence-corrected chi connectivity index (χ1v) is 19.4. The van der Waals surface area contributed by atoms with E-state index in [1.165, 1.54) is 44.5 Å². The van der Waals surface area contributed by atoms with Crippen molar-refractivity contribution in [3.63, 3.8) is 0 Å². The van der Waals surface area contributed by atoms with Crippen molar-refractivity contribution in [3.8, 4) is 46.0 Å². The maximum absolute atomic E-state index is 9.00. The topological polar surface area (TPSA) is 157 Å². The van der Waals surface area contributed by atoms with E-state index < -0.39 is 11.9 Å². The predicted molar refractivity (Wildman–Crippen MR) is 210 cm³/mol. The van der Waals surface area contributed by atoms with Gasteiger partial charge in [-0.05, 0) is 58.7 Å². The molecule has 2 unspecified atom stereocenters. The Morgan fingerprint density at radius 1 is 0.567 bits per heavy atom. The van der Waals surface area contributed by atoms with E-state index in [1.54, 1.807) is 38.2 Å². The van der Waals surface area contributed by atoms with Crippen molar-refractivity contribution in [2.75, 3.05) is 55.1 Å². The number of hydrogen-bond donors (Lipinski definition) is 4. The first kappa shape index (κ1) is 45.8. The molecule has 0 aliphatic carbocycles. The van der Waals surface area contributed by atoms with E-state index in [1.807, 2.05) is 12.1 Å². The van der Waals surface area contributed by atoms with E-state index in [9.17, 15) is 0 Å². The van der Waals surface area contributed by atoms with Crippen LogP contribution < -0.4 is 72.5 Å². The summed E-state index contributed by atoms with van der Waals surface area (Å²) in [6.07, 6.45) is 4.16. The molecule has 4 aromatic rings. The van der Waals surface area contributed by atoms with Gasteiger partial charge in [0.2, 0.25) is 13.6 Å². The molecule has 16 heteroatoms. The molecule has 6 aliphatic heterocycles. The Labute approximate surface area is 362 Å². The maximum Gasteiger partial charge on any atom is 0.300 e. The number of carboxylic acid groups (broad SMARTS) is 2. The lowest BCUT2D eigenvalue weighted by Crippen LogP contribution is -3.13. The van der Waals surface area contributed by atoms with Gasteiger partial charge in [0.25, 0.3) is 11.9 Å². The Bertz CT molecular complexity index is 2040. The van der Waals surface area contributed by atoms with Crippen LogP contribution in [0.1, 0.15) is 70.4 Å². The van der Waals surface area contributed by atoms with Crippen molar-refractivity contribution in [1.82, 2.24) is 0 Å². The van der Waals surface area contributed by atoms with Crippen LogP contribution >= 0.6 is 0 Å². The molecule has 0 bridgehead atoms. The number of carboxylic acids is 2. The van der Waals surface area contributed by atoms with Crippen molar-refractivity contribution in [2.45, 2.75) is 64.7 Å². The highest BCUT2D eigenvalue weighted by atomic mass is 35.5. The number of nitrogens with one attached hydrogen (secondary N) is 2. The van der Waals surface area contributed by atoms with Gasteiger partial charge in [-0.3, -0.25) is 9.59 Å². The largest absolute Gasteiger partial charge is 1.00 e. The van der Waals surface area contributed by atoms with E-state index in [2.05, 4.69) is 36.4 Å². The predicted octanol–water partition coefficient (Wildman–Crippen LogP) is -2.47. The summed E-state index contributed by atoms with van der Waals surface area (Å²) in [7, 11) is 6.85. The number of methoxy groups -OCH3 is 4. The quantitative estimate of drug-likeness (QED) is 0.172. The van der Waals surface area contributed by atoms with Gasteiger partial charge in [-0.15, -0.1) is 0 Å². The molecule has 4 N–H and O–H groups in total. The Morgan fingerprint density at radius 2 is 0.917 bits per heavy atom. The van der Waals surface area contributed by atoms with Gasteiger partial charge < -0.3 is 82.7 Å². The average molecular weight is 872 g/mol. The normalized spacial score (nSPS) is 19.7. The Morgan fingerprint density at radius 3 is 1.25 bits per heavy atom. The zero-order valence-electron chi connectivity index (χ0n) is 34.6. The Hall–Kier alpha value is -5.28. The molecule has 0 radical (unpaired) electrons. The number of hydrogen-bond acceptors (Lipinski definition) is 10. The highest BCUT2D eigenvalue weighted by Gasteiger charge is 2.40. The zero-order chi connectivity index (χ0) is 41.1. The van der Waals surface area contributed by atoms with Crippen LogP contribution in [-0.2, 0) is 48.4 Å². The molecule has 14 nitrogen and oxygen atoms in total. The van der Waals surface area contributed by atoms with E-state index >= 15 is 0 Å². The molecule has 0 spiro atoms. The molecule has 60 heavy (non-hydrogen) atoms. The lowest BCUT2D eigenvalue weighted by atomic mass is 9.83. The number of rotatable bonds is 4. The molecule has 0 saturated carbocycles. The first-order chi connectivity index (χ1) is 28.0. The number of ether oxygens (including phenoxy) is 8. The van der Waals surface area contributed by atoms with Gasteiger partial charge in [0, 0.05) is 50.7 Å². The lowest BCUT2D eigenvalue weighted by molar-refractivity contribution is -0.949. The molecule has 0 amide bonds. The minimum Gasteiger partial charge on any atom is -1.00 e. The SMILES string of the molecule is CC(=O)O.CC(=O)O.COc1ccc2c(c1OC)C[NH+]1CCc3cc4c(cc3[C@@H]1C2)OCO4.COc1ccc2c(c1OC)C[NH+]1CCc3cc4c(cc3[C@@H]1C2)OCO4.[Cl-].[Cl-]. The Kier molecular flexibility index (Phi) is 15.2. The number of benzene rings is 4. The second-order valence-corrected chi connectivity index (χ2v) is 14.9. The van der Waals surface area contributed by atoms with Gasteiger partial charge in [0.1, 0.15) is 25.2 Å². The number of aliphatic carboxylic acids is 2. The third-order valence-corrected chi connectivity index (χ3v) is 11.6. The summed E-state index contributed by atoms with van der Waals surface area (Å²) in [4.78, 5) is 21.2. The van der Waals surface area contributed by atoms with Gasteiger partial charge in [-0.25, -0.2) is 0 Å². The maximum atomic E-state index is 9.00. The highest BCUT2D eigenvalue weighted by Crippen LogP contribution is 2.43. The fourth-order valence-electron chi connectivity index (χ4n) is 9.12. The van der Waals surface area contributed by atoms with Gasteiger partial charge in [0.15, 0.2) is 46.0 Å². The summed E-state index contributed by atoms with van der Waals surface area (Å²) in [6, 6.07) is 18.1. The van der Waals surface area contributed by atoms with Crippen molar-refractivity contribution < 1.29 is 92.3 Å². The van der Waals surface area contributed by atoms with Crippen LogP contribution in [0.25, 0.3) is 0 Å². The number of carbonyl (C=O) groups is 2. The average Bonchev–Trinajstić information content (AvgIpc) is 3.88. The lowest BCUT2D eigenvalue weighted by Gasteiger charge is -2.39. The molecule has 4 aromatic carbocycles. The van der Waals surface area contributed by atoms with E-state index in [4.69, 9.17) is 57.7 Å². The van der Waals surface area contributed by atoms with Gasteiger partial charge in [-0.1, -0.05) is 12.1 Å². The summed E-state index contributed by atoms with van der Waals surface area (Å²) in [5, 5.41) is 14.8. The molecular weight excluding hydrogens is 819 g/mol. The van der Waals surface area contributed by atoms with Crippen LogP contribution in [0.3, 0.4) is 0 Å². The summed E-state index contributed by atoms with van der Waals surface area (Å²) < 4.78 is 44.6. The second-order valence-electron chi connectivity index (χ2n) is 14.9. The van der Waals surface area contributed by atoms with Gasteiger partial charge in [-0.2, -0.15) is 0 Å². The molecule has 4 atom stereocenters. The van der Waals surface area contributed by atoms with Gasteiger partial charge in [0.05, 0.1) is 52.7 Å². The van der Waals surface area contributed by atoms with Crippen LogP contribution in [0.5, 0.6) is 46.0 Å². The molecule has 324 valence electrons. The molecule has 6 heterocycles. The monoisotopic (exact) mass is 870 g/mol. The van der Waals surface area contributed by atoms with E-state index in [0.717, 1.165) is 112 Å². The van der Waals surface area contributed by atoms with Crippen molar-refractivity contribution in [3.05, 3.63) is 93.0 Å². The van der Waals surface area contributed by atoms with Crippen LogP contribution in [-0.4, -0.2) is 77.3 Å². The van der Waals surface area contributed by atoms with Crippen LogP contribution in [0.15, 0.2) is 48.5 Å². The van der Waals surface area contributed by atoms with Crippen LogP contribution in [0.2, 0.25) is 0 Å². The fraction of sp³-hybridized carbons (Fsp3) is 0.409. The molecule has 10 rings (SSSR count). The third kappa shape index (κ3) is 9.36. The molecular formula is C44H52Cl2N2O12. The van der Waals surface area contributed by atoms with Crippen molar-refractivity contribution >= 4 is 11.9 Å². The molecule has 6 aliphatic rings. The van der Waals surface area contributed by atoms with Crippen LogP contribution in [0, 0.1) is 0 Å². The number of halogens is 2. The first-order valence-electron chi connectivity index (χ1n) is 19.4. The smallest absolute Gasteiger partial charge is 0.300 e. The minimum absolute atomic E-state index is 0. The number of fused-ring (bicyclic) bond motifs is 10. The molecule has 0 saturated heterocycles. The van der Waals surface area contributed by atoms with Crippen molar-refractivity contribution in [1.29, 1.82) is 0 Å². The van der Waals surface area contributed by atoms with E-state index in [-0.39, 0.29) is 24.8 Å². The number of quaternary nitrogens is 2. The fourth-order valence-corrected chi connectivity index (χ4v) is 9.12. The summed E-state index contributed by atoms with van der Waals surface area (Å²) in [5.41, 5.74) is 10.9. The summed E-state index contributed by atoms with van der Waals surface area (Å²) >= 11 is 0. The highest BCUT2D eigenvalue weighted by molar-refractivity contribution is 5.63. The summed E-state index contributed by atoms with van der Waals surface area (Å²) in [5.74, 6) is 5.32. The second kappa shape index (κ2) is 19.9. The third-order valence-electron chi connectivity index (χ3n) is 11.6. The standard InChI is InChI=1S/2C20H21NO4.2C2H4O2.2ClH/c2*1-22-17-4-3-12-7-16-14-9-19-18(24-11-25-19)8-13(14)5-6-21(16)10-15(12)20(17)23-2;2*1-2(3)4;;/h2*3-4,8-9,16H,5-7,10-11H2,1-2H3;2*1H3,(H,3,4);2*1H/t2*16-;;;;/m00..../s1. The van der Waals surface area contributed by atoms with Gasteiger partial charge >= 0.3 is 0 Å². The minimum atomic E-state index is -0.833. The summed E-state index contributed by atoms with van der Waals surface area (Å²) in [6.45, 7) is 7.01. The molecule has 0 fully saturated rings. The Balaban J connectivity index is 0.000000188. The van der Waals surface area contributed by atoms with Crippen LogP contribution in [0.4, 0.5) is 0 Å². The molecule has 0 aromatic heterocycles. The van der Waals surface area contributed by atoms with E-state index in [0.29, 0.717) is 25.7 Å².